The first kappa shape index (κ1) is 13.6. The summed E-state index contributed by atoms with van der Waals surface area (Å²) in [6.45, 7) is 15.6. The Balaban J connectivity index is 2.61. The predicted molar refractivity (Wildman–Crippen MR) is 74.2 cm³/mol. The monoisotopic (exact) mass is 255 g/mol. The van der Waals surface area contributed by atoms with Crippen molar-refractivity contribution in [2.24, 2.45) is 0 Å². The molecule has 1 aromatic rings. The molecule has 0 radical (unpaired) electrons. The first-order chi connectivity index (χ1) is 7.26. The quantitative estimate of drug-likeness (QED) is 0.748. The number of aromatic nitrogens is 1. The molecule has 0 aliphatic heterocycles. The summed E-state index contributed by atoms with van der Waals surface area (Å²) in [6, 6.07) is 0. The molecular formula is C12H21NOSSi. The Bertz CT molecular complexity index is 365. The lowest BCUT2D eigenvalue weighted by Gasteiger charge is -2.35. The Labute approximate surface area is 104 Å². The van der Waals surface area contributed by atoms with Gasteiger partial charge in [-0.1, -0.05) is 27.4 Å². The summed E-state index contributed by atoms with van der Waals surface area (Å²) in [5.74, 6) is 0. The maximum atomic E-state index is 6.09. The first-order valence-corrected chi connectivity index (χ1v) is 9.26. The standard InChI is InChI=1S/C12H21NOSSi/c1-7-11-13-10(9-15-11)8-14-16(5,6)12(2,3)4/h7,9H,1,8H2,2-6H3. The molecule has 90 valence electrons. The molecule has 0 spiro atoms. The third-order valence-electron chi connectivity index (χ3n) is 3.13. The Kier molecular flexibility index (Phi) is 4.10. The van der Waals surface area contributed by atoms with E-state index in [1.54, 1.807) is 17.4 Å². The van der Waals surface area contributed by atoms with Crippen LogP contribution in [0, 0.1) is 0 Å². The lowest BCUT2D eigenvalue weighted by Crippen LogP contribution is -2.40. The van der Waals surface area contributed by atoms with Crippen molar-refractivity contribution in [3.8, 4) is 0 Å². The van der Waals surface area contributed by atoms with Gasteiger partial charge in [0.2, 0.25) is 0 Å². The highest BCUT2D eigenvalue weighted by Gasteiger charge is 2.37. The number of hydrogen-bond acceptors (Lipinski definition) is 3. The van der Waals surface area contributed by atoms with Crippen LogP contribution < -0.4 is 0 Å². The summed E-state index contributed by atoms with van der Waals surface area (Å²) in [5.41, 5.74) is 1.02. The molecule has 0 aliphatic carbocycles. The van der Waals surface area contributed by atoms with Gasteiger partial charge in [-0.25, -0.2) is 4.98 Å². The fourth-order valence-corrected chi connectivity index (χ4v) is 2.54. The highest BCUT2D eigenvalue weighted by atomic mass is 32.1. The Hall–Kier alpha value is -0.453. The SMILES string of the molecule is C=Cc1nc(CO[Si](C)(C)C(C)(C)C)cs1. The molecule has 0 fully saturated rings. The maximum Gasteiger partial charge on any atom is 0.192 e. The summed E-state index contributed by atoms with van der Waals surface area (Å²) >= 11 is 1.61. The molecule has 0 saturated heterocycles. The molecule has 1 aromatic heterocycles. The van der Waals surface area contributed by atoms with Crippen LogP contribution in [-0.2, 0) is 11.0 Å². The second-order valence-electron chi connectivity index (χ2n) is 5.43. The van der Waals surface area contributed by atoms with Gasteiger partial charge < -0.3 is 4.43 Å². The molecule has 0 amide bonds. The molecule has 0 unspecified atom stereocenters. The highest BCUT2D eigenvalue weighted by molar-refractivity contribution is 7.10. The Morgan fingerprint density at radius 3 is 2.56 bits per heavy atom. The van der Waals surface area contributed by atoms with E-state index in [1.165, 1.54) is 0 Å². The van der Waals surface area contributed by atoms with Crippen LogP contribution in [0.1, 0.15) is 31.5 Å². The molecule has 1 rings (SSSR count). The second-order valence-corrected chi connectivity index (χ2v) is 11.1. The van der Waals surface area contributed by atoms with Gasteiger partial charge in [-0.3, -0.25) is 0 Å². The van der Waals surface area contributed by atoms with Gasteiger partial charge >= 0.3 is 0 Å². The normalized spacial score (nSPS) is 12.8. The second kappa shape index (κ2) is 4.81. The molecule has 0 aromatic carbocycles. The molecule has 2 nitrogen and oxygen atoms in total. The van der Waals surface area contributed by atoms with Crippen LogP contribution in [-0.4, -0.2) is 13.3 Å². The molecule has 0 aliphatic rings. The van der Waals surface area contributed by atoms with Gasteiger partial charge in [0.05, 0.1) is 12.3 Å². The van der Waals surface area contributed by atoms with Crippen molar-refractivity contribution in [2.45, 2.75) is 45.5 Å². The van der Waals surface area contributed by atoms with E-state index in [9.17, 15) is 0 Å². The number of hydrogen-bond donors (Lipinski definition) is 0. The molecule has 1 heterocycles. The van der Waals surface area contributed by atoms with Crippen molar-refractivity contribution in [1.82, 2.24) is 4.98 Å². The van der Waals surface area contributed by atoms with Crippen molar-refractivity contribution in [2.75, 3.05) is 0 Å². The third-order valence-corrected chi connectivity index (χ3v) is 8.50. The van der Waals surface area contributed by atoms with Crippen molar-refractivity contribution >= 4 is 25.7 Å². The predicted octanol–water partition coefficient (Wildman–Crippen LogP) is 4.31. The van der Waals surface area contributed by atoms with E-state index in [-0.39, 0.29) is 5.04 Å². The lowest BCUT2D eigenvalue weighted by atomic mass is 10.2. The van der Waals surface area contributed by atoms with Gasteiger partial charge in [0, 0.05) is 5.38 Å². The van der Waals surface area contributed by atoms with Gasteiger partial charge in [0.1, 0.15) is 5.01 Å². The summed E-state index contributed by atoms with van der Waals surface area (Å²) in [5, 5.41) is 3.27. The smallest absolute Gasteiger partial charge is 0.192 e. The van der Waals surface area contributed by atoms with E-state index in [0.717, 1.165) is 10.7 Å². The van der Waals surface area contributed by atoms with Crippen LogP contribution >= 0.6 is 11.3 Å². The zero-order valence-corrected chi connectivity index (χ0v) is 12.6. The molecule has 0 saturated carbocycles. The lowest BCUT2D eigenvalue weighted by molar-refractivity contribution is 0.273. The number of nitrogens with zero attached hydrogens (tertiary/aromatic N) is 1. The van der Waals surface area contributed by atoms with E-state index in [0.29, 0.717) is 6.61 Å². The van der Waals surface area contributed by atoms with Gasteiger partial charge in [0.25, 0.3) is 0 Å². The van der Waals surface area contributed by atoms with Gasteiger partial charge in [-0.05, 0) is 24.2 Å². The van der Waals surface area contributed by atoms with Crippen LogP contribution in [0.25, 0.3) is 6.08 Å². The van der Waals surface area contributed by atoms with E-state index < -0.39 is 8.32 Å². The zero-order valence-electron chi connectivity index (χ0n) is 10.8. The maximum absolute atomic E-state index is 6.09. The Morgan fingerprint density at radius 1 is 1.50 bits per heavy atom. The molecule has 0 bridgehead atoms. The van der Waals surface area contributed by atoms with E-state index in [4.69, 9.17) is 4.43 Å². The van der Waals surface area contributed by atoms with Gasteiger partial charge in [0.15, 0.2) is 8.32 Å². The van der Waals surface area contributed by atoms with Crippen LogP contribution in [0.3, 0.4) is 0 Å². The molecule has 0 N–H and O–H groups in total. The van der Waals surface area contributed by atoms with Crippen molar-refractivity contribution in [3.05, 3.63) is 22.7 Å². The van der Waals surface area contributed by atoms with E-state index in [2.05, 4.69) is 45.4 Å². The van der Waals surface area contributed by atoms with Crippen molar-refractivity contribution in [1.29, 1.82) is 0 Å². The van der Waals surface area contributed by atoms with Crippen LogP contribution in [0.15, 0.2) is 12.0 Å². The van der Waals surface area contributed by atoms with E-state index in [1.807, 2.05) is 5.38 Å². The van der Waals surface area contributed by atoms with Crippen LogP contribution in [0.5, 0.6) is 0 Å². The molecular weight excluding hydrogens is 234 g/mol. The molecule has 16 heavy (non-hydrogen) atoms. The largest absolute Gasteiger partial charge is 0.411 e. The molecule has 4 heteroatoms. The third kappa shape index (κ3) is 3.27. The van der Waals surface area contributed by atoms with Crippen LogP contribution in [0.4, 0.5) is 0 Å². The van der Waals surface area contributed by atoms with Crippen LogP contribution in [0.2, 0.25) is 18.1 Å². The molecule has 0 atom stereocenters. The van der Waals surface area contributed by atoms with Gasteiger partial charge in [-0.2, -0.15) is 0 Å². The fraction of sp³-hybridized carbons (Fsp3) is 0.583. The summed E-state index contributed by atoms with van der Waals surface area (Å²) in [4.78, 5) is 4.41. The average molecular weight is 255 g/mol. The van der Waals surface area contributed by atoms with Crippen molar-refractivity contribution in [3.63, 3.8) is 0 Å². The summed E-state index contributed by atoms with van der Waals surface area (Å²) in [6.07, 6.45) is 1.78. The van der Waals surface area contributed by atoms with E-state index >= 15 is 0 Å². The minimum atomic E-state index is -1.65. The minimum absolute atomic E-state index is 0.254. The summed E-state index contributed by atoms with van der Waals surface area (Å²) < 4.78 is 6.09. The zero-order chi connectivity index (χ0) is 12.4. The first-order valence-electron chi connectivity index (χ1n) is 5.47. The van der Waals surface area contributed by atoms with Gasteiger partial charge in [-0.15, -0.1) is 11.3 Å². The fourth-order valence-electron chi connectivity index (χ4n) is 0.954. The average Bonchev–Trinajstić information content (AvgIpc) is 2.60. The van der Waals surface area contributed by atoms with Crippen molar-refractivity contribution < 1.29 is 4.43 Å². The minimum Gasteiger partial charge on any atom is -0.411 e. The Morgan fingerprint density at radius 2 is 2.12 bits per heavy atom. The highest BCUT2D eigenvalue weighted by Crippen LogP contribution is 2.37. The summed E-state index contributed by atoms with van der Waals surface area (Å²) in [7, 11) is -1.65. The number of thiazole rings is 1. The number of rotatable bonds is 4. The topological polar surface area (TPSA) is 22.1 Å².